The van der Waals surface area contributed by atoms with E-state index in [1.807, 2.05) is 0 Å². The number of para-hydroxylation sites is 1. The molecule has 174 valence electrons. The lowest BCUT2D eigenvalue weighted by atomic mass is 9.83. The summed E-state index contributed by atoms with van der Waals surface area (Å²) in [5.74, 6) is -2.72. The van der Waals surface area contributed by atoms with Crippen molar-refractivity contribution in [2.24, 2.45) is 0 Å². The van der Waals surface area contributed by atoms with Gasteiger partial charge < -0.3 is 14.7 Å². The lowest BCUT2D eigenvalue weighted by Crippen LogP contribution is -2.61. The summed E-state index contributed by atoms with van der Waals surface area (Å²) in [5.41, 5.74) is -1.12. The molecule has 1 amide bonds. The molecule has 1 atom stereocenters. The van der Waals surface area contributed by atoms with E-state index in [4.69, 9.17) is 4.74 Å². The highest BCUT2D eigenvalue weighted by Gasteiger charge is 2.44. The van der Waals surface area contributed by atoms with Gasteiger partial charge in [-0.05, 0) is 36.8 Å². The van der Waals surface area contributed by atoms with Gasteiger partial charge in [0.1, 0.15) is 24.6 Å². The average molecular weight is 465 g/mol. The molecular weight excluding hydrogens is 444 g/mol. The Hall–Kier alpha value is -4.14. The molecule has 2 aliphatic rings. The maximum absolute atomic E-state index is 14.5. The predicted molar refractivity (Wildman–Crippen MR) is 120 cm³/mol. The number of carbonyl (C=O) groups is 1. The number of aromatic hydroxyl groups is 1. The molecule has 0 saturated carbocycles. The molecule has 2 aromatic carbocycles. The van der Waals surface area contributed by atoms with Crippen LogP contribution in [-0.2, 0) is 5.54 Å². The Bertz CT molecular complexity index is 1390. The second-order valence-corrected chi connectivity index (χ2v) is 8.27. The van der Waals surface area contributed by atoms with E-state index in [0.29, 0.717) is 16.9 Å². The maximum Gasteiger partial charge on any atom is 0.278 e. The molecular formula is C25H21F2N3O4. The summed E-state index contributed by atoms with van der Waals surface area (Å²) in [6, 6.07) is 12.0. The predicted octanol–water partition coefficient (Wildman–Crippen LogP) is 3.10. The summed E-state index contributed by atoms with van der Waals surface area (Å²) in [6.45, 7) is 2.23. The van der Waals surface area contributed by atoms with Crippen LogP contribution in [0, 0.1) is 11.6 Å². The van der Waals surface area contributed by atoms with Crippen LogP contribution in [0.5, 0.6) is 11.5 Å². The number of rotatable bonds is 1. The fourth-order valence-corrected chi connectivity index (χ4v) is 4.50. The largest absolute Gasteiger partial charge is 0.502 e. The number of nitrogens with zero attached hydrogens (tertiary/aromatic N) is 3. The number of benzene rings is 2. The quantitative estimate of drug-likeness (QED) is 0.559. The molecule has 2 bridgehead atoms. The lowest BCUT2D eigenvalue weighted by Gasteiger charge is -2.49. The summed E-state index contributed by atoms with van der Waals surface area (Å²) in [6.07, 6.45) is 4.91. The normalized spacial score (nSPS) is 20.6. The highest BCUT2D eigenvalue weighted by Crippen LogP contribution is 2.42. The van der Waals surface area contributed by atoms with Gasteiger partial charge >= 0.3 is 0 Å². The van der Waals surface area contributed by atoms with Crippen molar-refractivity contribution < 1.29 is 23.4 Å². The minimum Gasteiger partial charge on any atom is -0.502 e. The van der Waals surface area contributed by atoms with Gasteiger partial charge in [-0.15, -0.1) is 0 Å². The van der Waals surface area contributed by atoms with Crippen LogP contribution in [0.2, 0.25) is 0 Å². The standard InChI is InChI=1S/C25H21F2N3O4/c1-25(16-8-9-18(26)19(27)14-16)17-6-2-3-7-21(17)34-13-5-4-11-28-15-30(25)29-12-10-20(31)23(32)22(29)24(28)33/h2-10,12,14,32H,11,13,15H2,1H3/b5-4-/t25-/m1/s1. The van der Waals surface area contributed by atoms with Crippen LogP contribution in [0.25, 0.3) is 0 Å². The van der Waals surface area contributed by atoms with E-state index in [2.05, 4.69) is 0 Å². The number of fused-ring (bicyclic) bond motifs is 5. The average Bonchev–Trinajstić information content (AvgIpc) is 2.85. The first-order chi connectivity index (χ1) is 16.3. The molecule has 3 aromatic rings. The number of aromatic nitrogens is 1. The lowest BCUT2D eigenvalue weighted by molar-refractivity contribution is 0.0685. The van der Waals surface area contributed by atoms with Crippen molar-refractivity contribution in [3.8, 4) is 11.5 Å². The zero-order valence-corrected chi connectivity index (χ0v) is 18.2. The third-order valence-corrected chi connectivity index (χ3v) is 6.35. The first-order valence-corrected chi connectivity index (χ1v) is 10.7. The molecule has 0 unspecified atom stereocenters. The van der Waals surface area contributed by atoms with Crippen LogP contribution in [-0.4, -0.2) is 40.4 Å². The monoisotopic (exact) mass is 465 g/mol. The maximum atomic E-state index is 14.5. The first kappa shape index (κ1) is 21.7. The third-order valence-electron chi connectivity index (χ3n) is 6.35. The summed E-state index contributed by atoms with van der Waals surface area (Å²) >= 11 is 0. The fourth-order valence-electron chi connectivity index (χ4n) is 4.50. The highest BCUT2D eigenvalue weighted by atomic mass is 19.2. The van der Waals surface area contributed by atoms with E-state index < -0.39 is 34.3 Å². The van der Waals surface area contributed by atoms with Gasteiger partial charge in [0, 0.05) is 24.4 Å². The van der Waals surface area contributed by atoms with Crippen molar-refractivity contribution >= 4 is 5.91 Å². The van der Waals surface area contributed by atoms with Gasteiger partial charge in [-0.25, -0.2) is 8.78 Å². The summed E-state index contributed by atoms with van der Waals surface area (Å²) in [7, 11) is 0. The van der Waals surface area contributed by atoms with Crippen LogP contribution < -0.4 is 15.2 Å². The van der Waals surface area contributed by atoms with Crippen molar-refractivity contribution in [1.82, 2.24) is 9.58 Å². The van der Waals surface area contributed by atoms with E-state index in [1.54, 1.807) is 48.4 Å². The van der Waals surface area contributed by atoms with E-state index in [9.17, 15) is 23.5 Å². The van der Waals surface area contributed by atoms with Crippen LogP contribution in [0.4, 0.5) is 8.78 Å². The minimum atomic E-state index is -1.22. The minimum absolute atomic E-state index is 0.0301. The van der Waals surface area contributed by atoms with Gasteiger partial charge in [0.25, 0.3) is 5.91 Å². The van der Waals surface area contributed by atoms with Crippen molar-refractivity contribution in [2.75, 3.05) is 24.8 Å². The topological polar surface area (TPSA) is 75.0 Å². The van der Waals surface area contributed by atoms with E-state index in [1.165, 1.54) is 21.8 Å². The number of carbonyl (C=O) groups excluding carboxylic acids is 1. The molecule has 1 N–H and O–H groups in total. The smallest absolute Gasteiger partial charge is 0.278 e. The number of hydrogen-bond acceptors (Lipinski definition) is 5. The molecule has 2 aliphatic heterocycles. The van der Waals surface area contributed by atoms with Crippen molar-refractivity contribution in [3.05, 3.63) is 106 Å². The van der Waals surface area contributed by atoms with Gasteiger partial charge in [0.05, 0.1) is 0 Å². The van der Waals surface area contributed by atoms with Crippen LogP contribution in [0.1, 0.15) is 28.5 Å². The zero-order valence-electron chi connectivity index (χ0n) is 18.2. The number of hydrogen-bond donors (Lipinski definition) is 1. The Morgan fingerprint density at radius 1 is 1.03 bits per heavy atom. The van der Waals surface area contributed by atoms with E-state index >= 15 is 0 Å². The molecule has 1 aromatic heterocycles. The second-order valence-electron chi connectivity index (χ2n) is 8.27. The van der Waals surface area contributed by atoms with E-state index in [-0.39, 0.29) is 25.5 Å². The Morgan fingerprint density at radius 3 is 2.62 bits per heavy atom. The molecule has 9 heteroatoms. The number of pyridine rings is 1. The number of halogens is 2. The zero-order chi connectivity index (χ0) is 24.0. The Morgan fingerprint density at radius 2 is 1.82 bits per heavy atom. The van der Waals surface area contributed by atoms with Crippen molar-refractivity contribution in [3.63, 3.8) is 0 Å². The Balaban J connectivity index is 1.87. The second kappa shape index (κ2) is 8.02. The molecule has 0 fully saturated rings. The van der Waals surface area contributed by atoms with Crippen molar-refractivity contribution in [1.29, 1.82) is 0 Å². The van der Waals surface area contributed by atoms with Gasteiger partial charge in [-0.1, -0.05) is 30.3 Å². The SMILES string of the molecule is C[C@@]1(c2ccc(F)c(F)c2)c2ccccc2OC/C=C\CN2CN1n1ccc(=O)c(O)c1C2=O. The molecule has 34 heavy (non-hydrogen) atoms. The Kier molecular flexibility index (Phi) is 5.11. The number of amides is 1. The van der Waals surface area contributed by atoms with Gasteiger partial charge in [-0.2, -0.15) is 0 Å². The molecule has 7 nitrogen and oxygen atoms in total. The summed E-state index contributed by atoms with van der Waals surface area (Å²) in [5, 5.41) is 12.3. The van der Waals surface area contributed by atoms with Crippen LogP contribution >= 0.6 is 0 Å². The van der Waals surface area contributed by atoms with Crippen molar-refractivity contribution in [2.45, 2.75) is 12.5 Å². The molecule has 3 heterocycles. The first-order valence-electron chi connectivity index (χ1n) is 10.7. The molecule has 0 aliphatic carbocycles. The van der Waals surface area contributed by atoms with Crippen LogP contribution in [0.15, 0.2) is 71.7 Å². The van der Waals surface area contributed by atoms with Crippen LogP contribution in [0.3, 0.4) is 0 Å². The number of ether oxygens (including phenoxy) is 1. The summed E-state index contributed by atoms with van der Waals surface area (Å²) < 4.78 is 35.8. The summed E-state index contributed by atoms with van der Waals surface area (Å²) in [4.78, 5) is 26.9. The van der Waals surface area contributed by atoms with Gasteiger partial charge in [-0.3, -0.25) is 19.3 Å². The molecule has 0 spiro atoms. The highest BCUT2D eigenvalue weighted by molar-refractivity contribution is 5.96. The third kappa shape index (κ3) is 3.23. The molecule has 5 rings (SSSR count). The Labute approximate surface area is 193 Å². The van der Waals surface area contributed by atoms with Gasteiger partial charge in [0.2, 0.25) is 5.43 Å². The fraction of sp³-hybridized carbons (Fsp3) is 0.200. The molecule has 0 radical (unpaired) electrons. The van der Waals surface area contributed by atoms with Gasteiger partial charge in [0.15, 0.2) is 23.1 Å². The van der Waals surface area contributed by atoms with E-state index in [0.717, 1.165) is 18.2 Å². The molecule has 0 saturated heterocycles.